The monoisotopic (exact) mass is 446 g/mol. The van der Waals surface area contributed by atoms with Gasteiger partial charge in [0, 0.05) is 24.0 Å². The maximum Gasteiger partial charge on any atom is 0.102 e. The van der Waals surface area contributed by atoms with E-state index in [-0.39, 0.29) is 5.92 Å². The molecule has 5 rings (SSSR count). The molecule has 0 bridgehead atoms. The smallest absolute Gasteiger partial charge is 0.102 e. The van der Waals surface area contributed by atoms with Gasteiger partial charge in [0.25, 0.3) is 0 Å². The molecule has 0 spiro atoms. The predicted octanol–water partition coefficient (Wildman–Crippen LogP) is 6.36. The second-order valence-electron chi connectivity index (χ2n) is 9.31. The van der Waals surface area contributed by atoms with Crippen LogP contribution in [0.5, 0.6) is 0 Å². The molecule has 0 radical (unpaired) electrons. The molecule has 5 aromatic rings. The first-order valence-corrected chi connectivity index (χ1v) is 11.8. The van der Waals surface area contributed by atoms with Gasteiger partial charge in [-0.05, 0) is 60.1 Å². The van der Waals surface area contributed by atoms with Crippen LogP contribution in [-0.2, 0) is 5.60 Å². The molecule has 1 N–H and O–H groups in total. The van der Waals surface area contributed by atoms with Gasteiger partial charge in [0.05, 0.1) is 5.52 Å². The molecular formula is C31H30N2O. The molecule has 0 aliphatic carbocycles. The van der Waals surface area contributed by atoms with Gasteiger partial charge in [-0.15, -0.1) is 0 Å². The summed E-state index contributed by atoms with van der Waals surface area (Å²) in [6.45, 7) is 0.754. The Balaban J connectivity index is 1.78. The van der Waals surface area contributed by atoms with Crippen molar-refractivity contribution in [1.29, 1.82) is 0 Å². The summed E-state index contributed by atoms with van der Waals surface area (Å²) in [5, 5.41) is 16.1. The molecule has 0 saturated carbocycles. The highest BCUT2D eigenvalue weighted by molar-refractivity contribution is 5.87. The van der Waals surface area contributed by atoms with E-state index in [9.17, 15) is 5.11 Å². The number of hydrogen-bond acceptors (Lipinski definition) is 3. The number of pyridine rings is 1. The minimum atomic E-state index is -1.14. The van der Waals surface area contributed by atoms with E-state index < -0.39 is 5.60 Å². The third kappa shape index (κ3) is 4.21. The van der Waals surface area contributed by atoms with E-state index in [0.717, 1.165) is 44.9 Å². The van der Waals surface area contributed by atoms with Gasteiger partial charge < -0.3 is 10.0 Å². The van der Waals surface area contributed by atoms with Crippen LogP contribution >= 0.6 is 0 Å². The van der Waals surface area contributed by atoms with Crippen LogP contribution in [0.25, 0.3) is 21.7 Å². The lowest BCUT2D eigenvalue weighted by Crippen LogP contribution is -2.37. The van der Waals surface area contributed by atoms with Crippen molar-refractivity contribution >= 4 is 21.7 Å². The Hall–Kier alpha value is -3.53. The number of aliphatic hydroxyl groups is 1. The molecule has 3 nitrogen and oxygen atoms in total. The van der Waals surface area contributed by atoms with E-state index in [1.54, 1.807) is 0 Å². The van der Waals surface area contributed by atoms with Crippen LogP contribution in [0.3, 0.4) is 0 Å². The lowest BCUT2D eigenvalue weighted by molar-refractivity contribution is 0.00584. The number of benzene rings is 4. The van der Waals surface area contributed by atoms with Gasteiger partial charge in [0.15, 0.2) is 0 Å². The Morgan fingerprint density at radius 2 is 1.44 bits per heavy atom. The zero-order valence-corrected chi connectivity index (χ0v) is 19.7. The first-order valence-electron chi connectivity index (χ1n) is 11.8. The number of aromatic nitrogens is 1. The highest BCUT2D eigenvalue weighted by atomic mass is 16.3. The standard InChI is InChI=1S/C31H30N2O/c1-33(2)20-19-31(34,28-17-10-15-23-11-6-8-16-27(23)28)30(24-12-4-3-5-13-24)26-21-25-14-7-9-18-29(25)32-22-26/h3-18,21-22,30,34H,19-20H2,1-2H3. The van der Waals surface area contributed by atoms with Crippen molar-refractivity contribution in [2.75, 3.05) is 20.6 Å². The molecular weight excluding hydrogens is 416 g/mol. The fourth-order valence-electron chi connectivity index (χ4n) is 5.07. The Morgan fingerprint density at radius 3 is 2.24 bits per heavy atom. The molecule has 2 atom stereocenters. The van der Waals surface area contributed by atoms with E-state index in [4.69, 9.17) is 4.98 Å². The minimum absolute atomic E-state index is 0.281. The van der Waals surface area contributed by atoms with E-state index in [1.807, 2.05) is 54.7 Å². The molecule has 0 fully saturated rings. The Labute approximate surface area is 201 Å². The van der Waals surface area contributed by atoms with Crippen molar-refractivity contribution in [2.24, 2.45) is 0 Å². The van der Waals surface area contributed by atoms with Crippen molar-refractivity contribution in [3.8, 4) is 0 Å². The van der Waals surface area contributed by atoms with Gasteiger partial charge in [-0.1, -0.05) is 91.0 Å². The van der Waals surface area contributed by atoms with Crippen molar-refractivity contribution in [2.45, 2.75) is 17.9 Å². The van der Waals surface area contributed by atoms with Crippen LogP contribution in [0, 0.1) is 0 Å². The summed E-state index contributed by atoms with van der Waals surface area (Å²) in [6, 6.07) is 35.3. The Bertz CT molecular complexity index is 1410. The van der Waals surface area contributed by atoms with Gasteiger partial charge >= 0.3 is 0 Å². The Morgan fingerprint density at radius 1 is 0.765 bits per heavy atom. The quantitative estimate of drug-likeness (QED) is 0.316. The zero-order chi connectivity index (χ0) is 23.5. The van der Waals surface area contributed by atoms with E-state index >= 15 is 0 Å². The third-order valence-corrected chi connectivity index (χ3v) is 6.75. The summed E-state index contributed by atoms with van der Waals surface area (Å²) in [4.78, 5) is 6.91. The maximum absolute atomic E-state index is 12.8. The molecule has 0 amide bonds. The molecule has 34 heavy (non-hydrogen) atoms. The molecule has 4 aromatic carbocycles. The summed E-state index contributed by atoms with van der Waals surface area (Å²) in [7, 11) is 4.11. The molecule has 2 unspecified atom stereocenters. The zero-order valence-electron chi connectivity index (χ0n) is 19.7. The molecule has 1 heterocycles. The largest absolute Gasteiger partial charge is 0.384 e. The van der Waals surface area contributed by atoms with Crippen LogP contribution in [0.1, 0.15) is 29.0 Å². The minimum Gasteiger partial charge on any atom is -0.384 e. The molecule has 0 saturated heterocycles. The van der Waals surface area contributed by atoms with Crippen molar-refractivity contribution in [3.63, 3.8) is 0 Å². The predicted molar refractivity (Wildman–Crippen MR) is 141 cm³/mol. The van der Waals surface area contributed by atoms with E-state index in [1.165, 1.54) is 0 Å². The highest BCUT2D eigenvalue weighted by Gasteiger charge is 2.41. The molecule has 0 aliphatic heterocycles. The maximum atomic E-state index is 12.8. The van der Waals surface area contributed by atoms with Crippen molar-refractivity contribution in [1.82, 2.24) is 9.88 Å². The third-order valence-electron chi connectivity index (χ3n) is 6.75. The van der Waals surface area contributed by atoms with Gasteiger partial charge in [-0.2, -0.15) is 0 Å². The van der Waals surface area contributed by atoms with Gasteiger partial charge in [-0.25, -0.2) is 0 Å². The summed E-state index contributed by atoms with van der Waals surface area (Å²) in [6.07, 6.45) is 2.52. The molecule has 0 aliphatic rings. The van der Waals surface area contributed by atoms with Crippen molar-refractivity contribution in [3.05, 3.63) is 126 Å². The van der Waals surface area contributed by atoms with E-state index in [0.29, 0.717) is 6.42 Å². The van der Waals surface area contributed by atoms with Crippen LogP contribution in [0.2, 0.25) is 0 Å². The van der Waals surface area contributed by atoms with Gasteiger partial charge in [-0.3, -0.25) is 4.98 Å². The van der Waals surface area contributed by atoms with Crippen LogP contribution in [0.4, 0.5) is 0 Å². The summed E-state index contributed by atoms with van der Waals surface area (Å²) < 4.78 is 0. The molecule has 1 aromatic heterocycles. The summed E-state index contributed by atoms with van der Waals surface area (Å²) >= 11 is 0. The fourth-order valence-corrected chi connectivity index (χ4v) is 5.07. The number of para-hydroxylation sites is 1. The normalized spacial score (nSPS) is 14.4. The van der Waals surface area contributed by atoms with Gasteiger partial charge in [0.2, 0.25) is 0 Å². The topological polar surface area (TPSA) is 36.4 Å². The molecule has 3 heteroatoms. The summed E-state index contributed by atoms with van der Waals surface area (Å²) in [5.41, 5.74) is 2.86. The second kappa shape index (κ2) is 9.38. The fraction of sp³-hybridized carbons (Fsp3) is 0.194. The van der Waals surface area contributed by atoms with Crippen molar-refractivity contribution < 1.29 is 5.11 Å². The molecule has 170 valence electrons. The Kier molecular flexibility index (Phi) is 6.14. The first-order chi connectivity index (χ1) is 16.6. The highest BCUT2D eigenvalue weighted by Crippen LogP contribution is 2.46. The number of hydrogen-bond donors (Lipinski definition) is 1. The number of rotatable bonds is 7. The summed E-state index contributed by atoms with van der Waals surface area (Å²) in [5.74, 6) is -0.281. The van der Waals surface area contributed by atoms with Crippen LogP contribution in [-0.4, -0.2) is 35.6 Å². The number of fused-ring (bicyclic) bond motifs is 2. The lowest BCUT2D eigenvalue weighted by atomic mass is 9.71. The van der Waals surface area contributed by atoms with Crippen LogP contribution < -0.4 is 0 Å². The average molecular weight is 447 g/mol. The SMILES string of the molecule is CN(C)CCC(O)(c1cccc2ccccc12)C(c1ccccc1)c1cnc2ccccc2c1. The second-order valence-corrected chi connectivity index (χ2v) is 9.31. The number of nitrogens with zero attached hydrogens (tertiary/aromatic N) is 2. The lowest BCUT2D eigenvalue weighted by Gasteiger charge is -2.39. The average Bonchev–Trinajstić information content (AvgIpc) is 2.88. The van der Waals surface area contributed by atoms with E-state index in [2.05, 4.69) is 73.6 Å². The van der Waals surface area contributed by atoms with Crippen LogP contribution in [0.15, 0.2) is 109 Å². The van der Waals surface area contributed by atoms with Gasteiger partial charge in [0.1, 0.15) is 5.60 Å². The first kappa shape index (κ1) is 22.3.